The lowest BCUT2D eigenvalue weighted by molar-refractivity contribution is 0.319. The SMILES string of the molecule is Brc1ccc(C2=NC(c3ccccc3)CO2)nc1. The van der Waals surface area contributed by atoms with Crippen LogP contribution in [0.1, 0.15) is 17.3 Å². The van der Waals surface area contributed by atoms with E-state index in [0.29, 0.717) is 12.5 Å². The molecule has 4 heteroatoms. The fourth-order valence-corrected chi connectivity index (χ4v) is 2.10. The van der Waals surface area contributed by atoms with Crippen LogP contribution in [0.3, 0.4) is 0 Å². The van der Waals surface area contributed by atoms with Gasteiger partial charge in [0.2, 0.25) is 5.90 Å². The van der Waals surface area contributed by atoms with Crippen LogP contribution in [0.4, 0.5) is 0 Å². The monoisotopic (exact) mass is 302 g/mol. The second kappa shape index (κ2) is 4.90. The van der Waals surface area contributed by atoms with E-state index >= 15 is 0 Å². The molecule has 2 aromatic rings. The Kier molecular flexibility index (Phi) is 3.11. The maximum atomic E-state index is 5.62. The number of aromatic nitrogens is 1. The molecule has 0 radical (unpaired) electrons. The van der Waals surface area contributed by atoms with Crippen LogP contribution in [0.15, 0.2) is 58.1 Å². The van der Waals surface area contributed by atoms with Gasteiger partial charge in [-0.15, -0.1) is 0 Å². The third-order valence-electron chi connectivity index (χ3n) is 2.78. The van der Waals surface area contributed by atoms with Crippen LogP contribution in [0, 0.1) is 0 Å². The Morgan fingerprint density at radius 2 is 1.94 bits per heavy atom. The van der Waals surface area contributed by atoms with Gasteiger partial charge in [-0.3, -0.25) is 4.98 Å². The molecule has 0 aliphatic carbocycles. The maximum absolute atomic E-state index is 5.62. The van der Waals surface area contributed by atoms with Crippen LogP contribution >= 0.6 is 15.9 Å². The van der Waals surface area contributed by atoms with Gasteiger partial charge in [0.1, 0.15) is 18.3 Å². The van der Waals surface area contributed by atoms with E-state index < -0.39 is 0 Å². The lowest BCUT2D eigenvalue weighted by Gasteiger charge is -2.03. The van der Waals surface area contributed by atoms with Gasteiger partial charge < -0.3 is 4.74 Å². The van der Waals surface area contributed by atoms with Crippen molar-refractivity contribution in [1.82, 2.24) is 4.98 Å². The Morgan fingerprint density at radius 3 is 2.67 bits per heavy atom. The molecular weight excluding hydrogens is 292 g/mol. The van der Waals surface area contributed by atoms with Gasteiger partial charge in [0.25, 0.3) is 0 Å². The summed E-state index contributed by atoms with van der Waals surface area (Å²) in [6, 6.07) is 14.1. The van der Waals surface area contributed by atoms with Crippen molar-refractivity contribution in [3.63, 3.8) is 0 Å². The molecule has 0 bridgehead atoms. The van der Waals surface area contributed by atoms with Gasteiger partial charge in [0, 0.05) is 10.7 Å². The van der Waals surface area contributed by atoms with Crippen LogP contribution in [0.2, 0.25) is 0 Å². The van der Waals surface area contributed by atoms with Crippen molar-refractivity contribution in [2.24, 2.45) is 4.99 Å². The van der Waals surface area contributed by atoms with E-state index in [1.807, 2.05) is 30.3 Å². The van der Waals surface area contributed by atoms with E-state index in [4.69, 9.17) is 4.74 Å². The first-order valence-electron chi connectivity index (χ1n) is 5.70. The molecule has 3 rings (SSSR count). The predicted molar refractivity (Wildman–Crippen MR) is 73.6 cm³/mol. The molecule has 1 unspecified atom stereocenters. The summed E-state index contributed by atoms with van der Waals surface area (Å²) in [4.78, 5) is 8.86. The highest BCUT2D eigenvalue weighted by Crippen LogP contribution is 2.24. The highest BCUT2D eigenvalue weighted by molar-refractivity contribution is 9.10. The third-order valence-corrected chi connectivity index (χ3v) is 3.25. The number of nitrogens with zero attached hydrogens (tertiary/aromatic N) is 2. The number of rotatable bonds is 2. The molecule has 0 saturated carbocycles. The molecule has 1 aliphatic rings. The van der Waals surface area contributed by atoms with Crippen LogP contribution in [0.5, 0.6) is 0 Å². The Bertz CT molecular complexity index is 566. The van der Waals surface area contributed by atoms with Gasteiger partial charge in [-0.1, -0.05) is 30.3 Å². The highest BCUT2D eigenvalue weighted by atomic mass is 79.9. The topological polar surface area (TPSA) is 34.5 Å². The molecule has 0 spiro atoms. The van der Waals surface area contributed by atoms with Crippen molar-refractivity contribution in [2.75, 3.05) is 6.61 Å². The van der Waals surface area contributed by atoms with Crippen LogP contribution in [-0.4, -0.2) is 17.5 Å². The molecule has 2 heterocycles. The van der Waals surface area contributed by atoms with E-state index in [2.05, 4.69) is 38.0 Å². The zero-order valence-corrected chi connectivity index (χ0v) is 11.2. The molecule has 0 fully saturated rings. The molecule has 90 valence electrons. The Morgan fingerprint density at radius 1 is 1.11 bits per heavy atom. The first-order valence-corrected chi connectivity index (χ1v) is 6.50. The first-order chi connectivity index (χ1) is 8.83. The molecule has 0 saturated heterocycles. The van der Waals surface area contributed by atoms with Crippen LogP contribution < -0.4 is 0 Å². The van der Waals surface area contributed by atoms with Crippen molar-refractivity contribution in [2.45, 2.75) is 6.04 Å². The molecule has 3 nitrogen and oxygen atoms in total. The second-order valence-corrected chi connectivity index (χ2v) is 4.95. The Hall–Kier alpha value is -1.68. The summed E-state index contributed by atoms with van der Waals surface area (Å²) >= 11 is 3.36. The molecule has 18 heavy (non-hydrogen) atoms. The standard InChI is InChI=1S/C14H11BrN2O/c15-11-6-7-12(16-8-11)14-17-13(9-18-14)10-4-2-1-3-5-10/h1-8,13H,9H2. The highest BCUT2D eigenvalue weighted by Gasteiger charge is 2.21. The largest absolute Gasteiger partial charge is 0.474 e. The molecular formula is C14H11BrN2O. The predicted octanol–water partition coefficient (Wildman–Crippen LogP) is 3.36. The van der Waals surface area contributed by atoms with Gasteiger partial charge in [-0.2, -0.15) is 0 Å². The average molecular weight is 303 g/mol. The van der Waals surface area contributed by atoms with Crippen molar-refractivity contribution in [1.29, 1.82) is 0 Å². The molecule has 1 aromatic carbocycles. The molecule has 0 amide bonds. The summed E-state index contributed by atoms with van der Waals surface area (Å²) in [6.45, 7) is 0.580. The van der Waals surface area contributed by atoms with E-state index in [0.717, 1.165) is 10.2 Å². The number of pyridine rings is 1. The van der Waals surface area contributed by atoms with Gasteiger partial charge in [0.15, 0.2) is 0 Å². The summed E-state index contributed by atoms with van der Waals surface area (Å²) in [5, 5.41) is 0. The summed E-state index contributed by atoms with van der Waals surface area (Å²) in [5.74, 6) is 0.622. The minimum Gasteiger partial charge on any atom is -0.474 e. The third kappa shape index (κ3) is 2.29. The summed E-state index contributed by atoms with van der Waals surface area (Å²) in [6.07, 6.45) is 1.75. The van der Waals surface area contributed by atoms with Crippen molar-refractivity contribution < 1.29 is 4.74 Å². The zero-order valence-electron chi connectivity index (χ0n) is 9.58. The lowest BCUT2D eigenvalue weighted by Crippen LogP contribution is -2.03. The lowest BCUT2D eigenvalue weighted by atomic mass is 10.1. The molecule has 1 aromatic heterocycles. The summed E-state index contributed by atoms with van der Waals surface area (Å²) < 4.78 is 6.57. The fraction of sp³-hybridized carbons (Fsp3) is 0.143. The van der Waals surface area contributed by atoms with Gasteiger partial charge >= 0.3 is 0 Å². The summed E-state index contributed by atoms with van der Waals surface area (Å²) in [7, 11) is 0. The maximum Gasteiger partial charge on any atom is 0.236 e. The number of benzene rings is 1. The number of aliphatic imine (C=N–C) groups is 1. The zero-order chi connectivity index (χ0) is 12.4. The summed E-state index contributed by atoms with van der Waals surface area (Å²) in [5.41, 5.74) is 1.95. The van der Waals surface area contributed by atoms with Gasteiger partial charge in [0.05, 0.1) is 0 Å². The van der Waals surface area contributed by atoms with Gasteiger partial charge in [-0.25, -0.2) is 4.99 Å². The van der Waals surface area contributed by atoms with Crippen molar-refractivity contribution in [3.8, 4) is 0 Å². The average Bonchev–Trinajstić information content (AvgIpc) is 2.90. The van der Waals surface area contributed by atoms with E-state index in [-0.39, 0.29) is 6.04 Å². The van der Waals surface area contributed by atoms with E-state index in [1.165, 1.54) is 5.56 Å². The smallest absolute Gasteiger partial charge is 0.236 e. The number of ether oxygens (including phenoxy) is 1. The van der Waals surface area contributed by atoms with Gasteiger partial charge in [-0.05, 0) is 33.6 Å². The molecule has 1 atom stereocenters. The van der Waals surface area contributed by atoms with E-state index in [9.17, 15) is 0 Å². The Balaban J connectivity index is 1.86. The van der Waals surface area contributed by atoms with Crippen molar-refractivity contribution >= 4 is 21.8 Å². The van der Waals surface area contributed by atoms with Crippen LogP contribution in [-0.2, 0) is 4.74 Å². The number of halogens is 1. The first kappa shape index (κ1) is 11.4. The number of hydrogen-bond acceptors (Lipinski definition) is 3. The quantitative estimate of drug-likeness (QED) is 0.852. The normalized spacial score (nSPS) is 18.3. The Labute approximate surface area is 114 Å². The molecule has 1 aliphatic heterocycles. The minimum atomic E-state index is 0.0756. The minimum absolute atomic E-state index is 0.0756. The van der Waals surface area contributed by atoms with Crippen molar-refractivity contribution in [3.05, 3.63) is 64.4 Å². The fourth-order valence-electron chi connectivity index (χ4n) is 1.86. The molecule has 0 N–H and O–H groups in total. The number of hydrogen-bond donors (Lipinski definition) is 0. The van der Waals surface area contributed by atoms with Crippen LogP contribution in [0.25, 0.3) is 0 Å². The second-order valence-electron chi connectivity index (χ2n) is 4.03. The van der Waals surface area contributed by atoms with E-state index in [1.54, 1.807) is 6.20 Å².